The van der Waals surface area contributed by atoms with Gasteiger partial charge in [0.25, 0.3) is 0 Å². The van der Waals surface area contributed by atoms with Gasteiger partial charge in [-0.05, 0) is 42.7 Å². The van der Waals surface area contributed by atoms with Gasteiger partial charge < -0.3 is 35.3 Å². The number of nitrogens with two attached hydrogens (primary N) is 1. The minimum atomic E-state index is -1.02. The van der Waals surface area contributed by atoms with Crippen molar-refractivity contribution in [3.63, 3.8) is 0 Å². The molecule has 37 heavy (non-hydrogen) atoms. The molecule has 0 radical (unpaired) electrons. The number of aliphatic hydroxyl groups excluding tert-OH is 2. The van der Waals surface area contributed by atoms with Crippen molar-refractivity contribution in [3.8, 4) is 17.2 Å². The van der Waals surface area contributed by atoms with Crippen LogP contribution in [-0.4, -0.2) is 55.3 Å². The van der Waals surface area contributed by atoms with Crippen molar-refractivity contribution in [3.05, 3.63) is 53.6 Å². The molecule has 0 aliphatic carbocycles. The summed E-state index contributed by atoms with van der Waals surface area (Å²) in [5, 5.41) is 25.7. The maximum atomic E-state index is 10.5. The third kappa shape index (κ3) is 13.9. The summed E-state index contributed by atoms with van der Waals surface area (Å²) in [5.74, 6) is 0.789. The molecule has 0 fully saturated rings. The number of aliphatic hydroxyl groups is 2. The molecule has 8 heteroatoms. The number of carbonyl (C=O) groups is 1. The summed E-state index contributed by atoms with van der Waals surface area (Å²) < 4.78 is 15.6. The molecule has 2 rings (SSSR count). The molecule has 2 aromatic rings. The summed E-state index contributed by atoms with van der Waals surface area (Å²) in [5.41, 5.74) is 7.98. The van der Waals surface area contributed by atoms with Crippen molar-refractivity contribution < 1.29 is 34.3 Å². The highest BCUT2D eigenvalue weighted by atomic mass is 16.5. The number of aliphatic carboxylic acids is 1. The molecule has 2 aromatic carbocycles. The fourth-order valence-corrected chi connectivity index (χ4v) is 3.81. The van der Waals surface area contributed by atoms with E-state index in [1.165, 1.54) is 51.4 Å². The van der Waals surface area contributed by atoms with Crippen LogP contribution in [0.2, 0.25) is 0 Å². The summed E-state index contributed by atoms with van der Waals surface area (Å²) in [6.45, 7) is 0.319. The first-order chi connectivity index (χ1) is 18.0. The van der Waals surface area contributed by atoms with E-state index < -0.39 is 5.97 Å². The monoisotopic (exact) mass is 519 g/mol. The fourth-order valence-electron chi connectivity index (χ4n) is 3.81. The van der Waals surface area contributed by atoms with Crippen molar-refractivity contribution in [1.82, 2.24) is 0 Å². The maximum absolute atomic E-state index is 10.5. The van der Waals surface area contributed by atoms with Crippen molar-refractivity contribution in [2.45, 2.75) is 70.3 Å². The molecular formula is C29H45NO7. The lowest BCUT2D eigenvalue weighted by molar-refractivity contribution is -0.139. The number of unbranched alkanes of at least 4 members (excludes halogenated alkanes) is 9. The third-order valence-corrected chi connectivity index (χ3v) is 5.94. The van der Waals surface area contributed by atoms with Crippen LogP contribution in [0.3, 0.4) is 0 Å². The lowest BCUT2D eigenvalue weighted by Gasteiger charge is -2.17. The van der Waals surface area contributed by atoms with Crippen LogP contribution in [0.5, 0.6) is 17.2 Å². The van der Waals surface area contributed by atoms with E-state index in [0.717, 1.165) is 24.0 Å². The highest BCUT2D eigenvalue weighted by Crippen LogP contribution is 2.32. The Labute approximate surface area is 221 Å². The van der Waals surface area contributed by atoms with Crippen LogP contribution in [0.1, 0.15) is 81.4 Å². The molecule has 0 saturated carbocycles. The van der Waals surface area contributed by atoms with Crippen LogP contribution in [0.4, 0.5) is 0 Å². The van der Waals surface area contributed by atoms with Crippen LogP contribution < -0.4 is 19.9 Å². The van der Waals surface area contributed by atoms with E-state index in [1.807, 2.05) is 12.1 Å². The van der Waals surface area contributed by atoms with Crippen LogP contribution in [-0.2, 0) is 4.79 Å². The molecule has 0 amide bonds. The Hall–Kier alpha value is -2.81. The van der Waals surface area contributed by atoms with Gasteiger partial charge in [0.1, 0.15) is 17.2 Å². The number of hydrogen-bond acceptors (Lipinski definition) is 7. The first kappa shape index (κ1) is 32.2. The minimum absolute atomic E-state index is 0.348. The normalized spacial score (nSPS) is 11.3. The average Bonchev–Trinajstić information content (AvgIpc) is 2.92. The number of rotatable bonds is 18. The van der Waals surface area contributed by atoms with Gasteiger partial charge in [-0.1, -0.05) is 63.5 Å². The van der Waals surface area contributed by atoms with Crippen molar-refractivity contribution in [1.29, 1.82) is 0 Å². The quantitative estimate of drug-likeness (QED) is 0.200. The topological polar surface area (TPSA) is 131 Å². The van der Waals surface area contributed by atoms with Gasteiger partial charge in [0.15, 0.2) is 6.61 Å². The van der Waals surface area contributed by atoms with Gasteiger partial charge >= 0.3 is 5.97 Å². The Kier molecular flexibility index (Phi) is 17.7. The van der Waals surface area contributed by atoms with Gasteiger partial charge in [-0.2, -0.15) is 0 Å². The van der Waals surface area contributed by atoms with E-state index in [9.17, 15) is 4.79 Å². The van der Waals surface area contributed by atoms with E-state index in [4.69, 9.17) is 35.3 Å². The number of benzene rings is 2. The highest BCUT2D eigenvalue weighted by molar-refractivity contribution is 5.68. The van der Waals surface area contributed by atoms with E-state index in [1.54, 1.807) is 44.6 Å². The number of hydrogen-bond donors (Lipinski definition) is 4. The SMILES string of the molecule is COc1ccc(C(N)c2ccc(OCC(=O)O)cc2)c(OC)c1.OCCCCCCCCCCCCO. The summed E-state index contributed by atoms with van der Waals surface area (Å²) in [4.78, 5) is 10.5. The second-order valence-corrected chi connectivity index (χ2v) is 8.82. The van der Waals surface area contributed by atoms with E-state index >= 15 is 0 Å². The summed E-state index contributed by atoms with van der Waals surface area (Å²) in [6.07, 6.45) is 12.2. The molecular weight excluding hydrogens is 474 g/mol. The van der Waals surface area contributed by atoms with E-state index in [-0.39, 0.29) is 12.6 Å². The van der Waals surface area contributed by atoms with Crippen LogP contribution >= 0.6 is 0 Å². The van der Waals surface area contributed by atoms with Crippen molar-refractivity contribution in [2.75, 3.05) is 34.0 Å². The van der Waals surface area contributed by atoms with E-state index in [0.29, 0.717) is 30.5 Å². The lowest BCUT2D eigenvalue weighted by atomic mass is 9.98. The van der Waals surface area contributed by atoms with E-state index in [2.05, 4.69) is 0 Å². The Morgan fingerprint density at radius 2 is 1.24 bits per heavy atom. The molecule has 0 saturated heterocycles. The Morgan fingerprint density at radius 1 is 0.757 bits per heavy atom. The fraction of sp³-hybridized carbons (Fsp3) is 0.552. The Bertz CT molecular complexity index is 846. The average molecular weight is 520 g/mol. The predicted molar refractivity (Wildman–Crippen MR) is 145 cm³/mol. The van der Waals surface area contributed by atoms with Crippen molar-refractivity contribution >= 4 is 5.97 Å². The molecule has 0 spiro atoms. The first-order valence-corrected chi connectivity index (χ1v) is 13.1. The van der Waals surface area contributed by atoms with Gasteiger partial charge in [0.2, 0.25) is 0 Å². The minimum Gasteiger partial charge on any atom is -0.497 e. The first-order valence-electron chi connectivity index (χ1n) is 13.1. The highest BCUT2D eigenvalue weighted by Gasteiger charge is 2.15. The second-order valence-electron chi connectivity index (χ2n) is 8.82. The van der Waals surface area contributed by atoms with Crippen LogP contribution in [0.25, 0.3) is 0 Å². The summed E-state index contributed by atoms with van der Waals surface area (Å²) >= 11 is 0. The zero-order valence-electron chi connectivity index (χ0n) is 22.4. The third-order valence-electron chi connectivity index (χ3n) is 5.94. The molecule has 1 unspecified atom stereocenters. The van der Waals surface area contributed by atoms with Gasteiger partial charge in [0, 0.05) is 24.8 Å². The molecule has 8 nitrogen and oxygen atoms in total. The molecule has 0 aliphatic heterocycles. The molecule has 0 aliphatic rings. The number of methoxy groups -OCH3 is 2. The molecule has 208 valence electrons. The van der Waals surface area contributed by atoms with Crippen LogP contribution in [0, 0.1) is 0 Å². The smallest absolute Gasteiger partial charge is 0.341 e. The Morgan fingerprint density at radius 3 is 1.68 bits per heavy atom. The zero-order chi connectivity index (χ0) is 27.3. The molecule has 0 heterocycles. The van der Waals surface area contributed by atoms with Crippen LogP contribution in [0.15, 0.2) is 42.5 Å². The number of ether oxygens (including phenoxy) is 3. The van der Waals surface area contributed by atoms with Gasteiger partial charge in [-0.3, -0.25) is 0 Å². The predicted octanol–water partition coefficient (Wildman–Crippen LogP) is 5.09. The maximum Gasteiger partial charge on any atom is 0.341 e. The Balaban J connectivity index is 0.000000422. The largest absolute Gasteiger partial charge is 0.497 e. The van der Waals surface area contributed by atoms with Gasteiger partial charge in [-0.25, -0.2) is 4.79 Å². The number of carboxylic acids is 1. The van der Waals surface area contributed by atoms with Crippen molar-refractivity contribution in [2.24, 2.45) is 5.73 Å². The summed E-state index contributed by atoms with van der Waals surface area (Å²) in [6, 6.07) is 12.0. The lowest BCUT2D eigenvalue weighted by Crippen LogP contribution is -2.13. The van der Waals surface area contributed by atoms with Gasteiger partial charge in [-0.15, -0.1) is 0 Å². The standard InChI is InChI=1S/C17H19NO5.C12H26O2/c1-21-13-7-8-14(15(9-13)22-2)17(18)11-3-5-12(6-4-11)23-10-16(19)20;13-11-9-7-5-3-1-2-4-6-8-10-12-14/h3-9,17H,10,18H2,1-2H3,(H,19,20);13-14H,1-12H2. The molecule has 0 bridgehead atoms. The molecule has 0 aromatic heterocycles. The summed E-state index contributed by atoms with van der Waals surface area (Å²) in [7, 11) is 3.16. The second kappa shape index (κ2) is 20.3. The molecule has 5 N–H and O–H groups in total. The molecule has 1 atom stereocenters. The van der Waals surface area contributed by atoms with Gasteiger partial charge in [0.05, 0.1) is 20.3 Å². The zero-order valence-corrected chi connectivity index (χ0v) is 22.4. The number of carboxylic acid groups (broad SMARTS) is 1.